The van der Waals surface area contributed by atoms with Gasteiger partial charge in [0.15, 0.2) is 0 Å². The largest absolute Gasteiger partial charge is 0.495 e. The van der Waals surface area contributed by atoms with E-state index in [0.717, 1.165) is 10.6 Å². The lowest BCUT2D eigenvalue weighted by Crippen LogP contribution is -2.37. The molecule has 0 aliphatic heterocycles. The first kappa shape index (κ1) is 21.5. The molecule has 28 heavy (non-hydrogen) atoms. The van der Waals surface area contributed by atoms with Crippen molar-refractivity contribution >= 4 is 44.6 Å². The second-order valence-corrected chi connectivity index (χ2v) is 8.18. The van der Waals surface area contributed by atoms with E-state index in [-0.39, 0.29) is 33.4 Å². The molecule has 0 aromatic heterocycles. The molecule has 0 bridgehead atoms. The fraction of sp³-hybridized carbons (Fsp3) is 0.235. The van der Waals surface area contributed by atoms with Crippen LogP contribution in [0.1, 0.15) is 5.56 Å². The van der Waals surface area contributed by atoms with E-state index in [9.17, 15) is 23.3 Å². The summed E-state index contributed by atoms with van der Waals surface area (Å²) < 4.78 is 30.5. The summed E-state index contributed by atoms with van der Waals surface area (Å²) >= 11 is 5.96. The van der Waals surface area contributed by atoms with E-state index in [4.69, 9.17) is 16.3 Å². The number of hydrogen-bond donors (Lipinski definition) is 1. The van der Waals surface area contributed by atoms with Crippen molar-refractivity contribution < 1.29 is 22.9 Å². The Morgan fingerprint density at radius 1 is 1.32 bits per heavy atom. The Labute approximate surface area is 167 Å². The Morgan fingerprint density at radius 3 is 2.57 bits per heavy atom. The number of halogens is 1. The number of benzene rings is 2. The van der Waals surface area contributed by atoms with Gasteiger partial charge in [-0.2, -0.15) is 0 Å². The second-order valence-electron chi connectivity index (χ2n) is 5.84. The molecule has 0 atom stereocenters. The molecule has 1 N–H and O–H groups in total. The summed E-state index contributed by atoms with van der Waals surface area (Å²) in [7, 11) is -2.50. The molecule has 0 unspecified atom stereocenters. The van der Waals surface area contributed by atoms with Gasteiger partial charge in [0.1, 0.15) is 12.3 Å². The Kier molecular flexibility index (Phi) is 6.47. The predicted octanol–water partition coefficient (Wildman–Crippen LogP) is 2.97. The number of amides is 1. The monoisotopic (exact) mass is 427 g/mol. The zero-order valence-electron chi connectivity index (χ0n) is 15.3. The Morgan fingerprint density at radius 2 is 2.00 bits per heavy atom. The highest BCUT2D eigenvalue weighted by molar-refractivity contribution is 7.92. The van der Waals surface area contributed by atoms with Crippen LogP contribution in [0.4, 0.5) is 17.1 Å². The van der Waals surface area contributed by atoms with Gasteiger partial charge in [-0.3, -0.25) is 19.2 Å². The normalized spacial score (nSPS) is 11.0. The molecule has 0 radical (unpaired) electrons. The first-order valence-corrected chi connectivity index (χ1v) is 10.1. The number of methoxy groups -OCH3 is 1. The molecule has 0 aliphatic carbocycles. The van der Waals surface area contributed by atoms with Crippen molar-refractivity contribution in [3.8, 4) is 5.75 Å². The van der Waals surface area contributed by atoms with Crippen molar-refractivity contribution in [1.29, 1.82) is 0 Å². The van der Waals surface area contributed by atoms with Gasteiger partial charge in [0.05, 0.1) is 35.2 Å². The van der Waals surface area contributed by atoms with Crippen molar-refractivity contribution in [2.45, 2.75) is 6.92 Å². The minimum Gasteiger partial charge on any atom is -0.495 e. The van der Waals surface area contributed by atoms with E-state index in [1.54, 1.807) is 0 Å². The third-order valence-corrected chi connectivity index (χ3v) is 5.23. The third kappa shape index (κ3) is 4.90. The molecule has 0 saturated heterocycles. The van der Waals surface area contributed by atoms with E-state index in [2.05, 4.69) is 5.32 Å². The van der Waals surface area contributed by atoms with Gasteiger partial charge in [0, 0.05) is 11.1 Å². The lowest BCUT2D eigenvalue weighted by atomic mass is 10.1. The lowest BCUT2D eigenvalue weighted by Gasteiger charge is -2.24. The summed E-state index contributed by atoms with van der Waals surface area (Å²) in [4.78, 5) is 23.0. The molecular formula is C17H18ClN3O6S. The molecule has 1 amide bonds. The van der Waals surface area contributed by atoms with Crippen LogP contribution in [0.2, 0.25) is 5.02 Å². The topological polar surface area (TPSA) is 119 Å². The summed E-state index contributed by atoms with van der Waals surface area (Å²) in [6.07, 6.45) is 0.944. The molecule has 0 spiro atoms. The molecule has 2 aromatic rings. The first-order valence-electron chi connectivity index (χ1n) is 7.89. The summed E-state index contributed by atoms with van der Waals surface area (Å²) in [5.41, 5.74) is 0.412. The Hall–Kier alpha value is -2.85. The zero-order chi connectivity index (χ0) is 21.1. The van der Waals surface area contributed by atoms with Crippen LogP contribution in [0.3, 0.4) is 0 Å². The molecule has 0 heterocycles. The summed E-state index contributed by atoms with van der Waals surface area (Å²) in [5.74, 6) is -0.467. The van der Waals surface area contributed by atoms with Crippen molar-refractivity contribution in [3.05, 3.63) is 57.1 Å². The summed E-state index contributed by atoms with van der Waals surface area (Å²) in [6.45, 7) is 0.916. The molecular weight excluding hydrogens is 410 g/mol. The standard InChI is InChI=1S/C17H18ClN3O6S/c1-11-13(5-4-6-14(11)21(23)24)19-17(22)10-20(28(3,25)26)15-9-12(18)7-8-16(15)27-2/h4-9H,10H2,1-3H3,(H,19,22). The van der Waals surface area contributed by atoms with Crippen molar-refractivity contribution in [1.82, 2.24) is 0 Å². The minimum absolute atomic E-state index is 0.100. The number of sulfonamides is 1. The molecule has 11 heteroatoms. The smallest absolute Gasteiger partial charge is 0.274 e. The summed E-state index contributed by atoms with van der Waals surface area (Å²) in [5, 5.41) is 13.8. The highest BCUT2D eigenvalue weighted by atomic mass is 35.5. The highest BCUT2D eigenvalue weighted by Gasteiger charge is 2.25. The van der Waals surface area contributed by atoms with Crippen LogP contribution in [0.15, 0.2) is 36.4 Å². The predicted molar refractivity (Wildman–Crippen MR) is 107 cm³/mol. The van der Waals surface area contributed by atoms with E-state index in [0.29, 0.717) is 0 Å². The average Bonchev–Trinajstić information content (AvgIpc) is 2.60. The fourth-order valence-corrected chi connectivity index (χ4v) is 3.53. The molecule has 2 aromatic carbocycles. The Bertz CT molecular complexity index is 1030. The van der Waals surface area contributed by atoms with Crippen LogP contribution in [0, 0.1) is 17.0 Å². The SMILES string of the molecule is COc1ccc(Cl)cc1N(CC(=O)Nc1cccc([N+](=O)[O-])c1C)S(C)(=O)=O. The van der Waals surface area contributed by atoms with Crippen molar-refractivity contribution in [2.75, 3.05) is 29.5 Å². The fourth-order valence-electron chi connectivity index (χ4n) is 2.52. The van der Waals surface area contributed by atoms with Gasteiger partial charge in [-0.15, -0.1) is 0 Å². The number of nitrogens with zero attached hydrogens (tertiary/aromatic N) is 2. The van der Waals surface area contributed by atoms with Gasteiger partial charge < -0.3 is 10.1 Å². The van der Waals surface area contributed by atoms with E-state index in [1.807, 2.05) is 0 Å². The number of anilines is 2. The molecule has 150 valence electrons. The molecule has 0 saturated carbocycles. The maximum atomic E-state index is 12.5. The van der Waals surface area contributed by atoms with Crippen LogP contribution in [0.25, 0.3) is 0 Å². The van der Waals surface area contributed by atoms with Gasteiger partial charge in [0.25, 0.3) is 5.69 Å². The summed E-state index contributed by atoms with van der Waals surface area (Å²) in [6, 6.07) is 8.60. The number of carbonyl (C=O) groups excluding carboxylic acids is 1. The van der Waals surface area contributed by atoms with Crippen LogP contribution >= 0.6 is 11.6 Å². The van der Waals surface area contributed by atoms with Crippen molar-refractivity contribution in [3.63, 3.8) is 0 Å². The van der Waals surface area contributed by atoms with Crippen LogP contribution in [0.5, 0.6) is 5.75 Å². The lowest BCUT2D eigenvalue weighted by molar-refractivity contribution is -0.385. The van der Waals surface area contributed by atoms with E-state index in [1.165, 1.54) is 50.4 Å². The maximum absolute atomic E-state index is 12.5. The number of nitrogens with one attached hydrogen (secondary N) is 1. The van der Waals surface area contributed by atoms with Crippen molar-refractivity contribution in [2.24, 2.45) is 0 Å². The van der Waals surface area contributed by atoms with Gasteiger partial charge in [-0.05, 0) is 31.2 Å². The van der Waals surface area contributed by atoms with Crippen LogP contribution < -0.4 is 14.4 Å². The number of rotatable bonds is 7. The number of hydrogen-bond acceptors (Lipinski definition) is 6. The van der Waals surface area contributed by atoms with Crippen LogP contribution in [-0.2, 0) is 14.8 Å². The third-order valence-electron chi connectivity index (χ3n) is 3.87. The average molecular weight is 428 g/mol. The number of nitro benzene ring substituents is 1. The van der Waals surface area contributed by atoms with E-state index >= 15 is 0 Å². The highest BCUT2D eigenvalue weighted by Crippen LogP contribution is 2.33. The van der Waals surface area contributed by atoms with Gasteiger partial charge in [0.2, 0.25) is 15.9 Å². The molecule has 2 rings (SSSR count). The molecule has 0 fully saturated rings. The van der Waals surface area contributed by atoms with Gasteiger partial charge in [-0.1, -0.05) is 17.7 Å². The number of nitro groups is 1. The quantitative estimate of drug-likeness (QED) is 0.536. The molecule has 9 nitrogen and oxygen atoms in total. The van der Waals surface area contributed by atoms with Gasteiger partial charge >= 0.3 is 0 Å². The minimum atomic E-state index is -3.86. The Balaban J connectivity index is 2.35. The maximum Gasteiger partial charge on any atom is 0.274 e. The first-order chi connectivity index (χ1) is 13.0. The number of carbonyl (C=O) groups is 1. The molecule has 0 aliphatic rings. The number of ether oxygens (including phenoxy) is 1. The second kappa shape index (κ2) is 8.44. The zero-order valence-corrected chi connectivity index (χ0v) is 16.9. The van der Waals surface area contributed by atoms with E-state index < -0.39 is 27.4 Å². The van der Waals surface area contributed by atoms with Gasteiger partial charge in [-0.25, -0.2) is 8.42 Å². The van der Waals surface area contributed by atoms with Crippen LogP contribution in [-0.4, -0.2) is 39.2 Å².